The Hall–Kier alpha value is -0.220. The Labute approximate surface area is 66.7 Å². The van der Waals surface area contributed by atoms with Gasteiger partial charge in [-0.2, -0.15) is 0 Å². The van der Waals surface area contributed by atoms with Crippen molar-refractivity contribution in [1.29, 1.82) is 0 Å². The molecule has 3 nitrogen and oxygen atoms in total. The topological polar surface area (TPSA) is 41.6 Å². The first-order valence-corrected chi connectivity index (χ1v) is 4.37. The van der Waals surface area contributed by atoms with Gasteiger partial charge >= 0.3 is 0 Å². The molecule has 2 N–H and O–H groups in total. The molecule has 0 aliphatic heterocycles. The van der Waals surface area contributed by atoms with Crippen molar-refractivity contribution in [2.24, 2.45) is 10.7 Å². The van der Waals surface area contributed by atoms with Gasteiger partial charge in [0.1, 0.15) is 5.50 Å². The highest BCUT2D eigenvalue weighted by molar-refractivity contribution is 7.99. The van der Waals surface area contributed by atoms with Gasteiger partial charge in [-0.15, -0.1) is 11.8 Å². The zero-order valence-corrected chi connectivity index (χ0v) is 7.77. The van der Waals surface area contributed by atoms with Gasteiger partial charge in [-0.05, 0) is 13.2 Å². The molecular weight excluding hydrogens is 146 g/mol. The Morgan fingerprint density at radius 2 is 2.10 bits per heavy atom. The number of rotatable bonds is 2. The maximum absolute atomic E-state index is 5.56. The summed E-state index contributed by atoms with van der Waals surface area (Å²) in [5.74, 6) is 0.960. The number of thioether (sulfide) groups is 1. The minimum atomic E-state index is -0.123. The van der Waals surface area contributed by atoms with Crippen LogP contribution < -0.4 is 5.73 Å². The van der Waals surface area contributed by atoms with Crippen molar-refractivity contribution in [3.8, 4) is 0 Å². The molecule has 0 saturated heterocycles. The first-order valence-electron chi connectivity index (χ1n) is 3.08. The summed E-state index contributed by atoms with van der Waals surface area (Å²) in [5, 5.41) is 0. The highest BCUT2D eigenvalue weighted by Crippen LogP contribution is 2.00. The number of nitrogens with zero attached hydrogens (tertiary/aromatic N) is 2. The molecule has 0 fully saturated rings. The third-order valence-electron chi connectivity index (χ3n) is 1.20. The lowest BCUT2D eigenvalue weighted by Gasteiger charge is -2.12. The van der Waals surface area contributed by atoms with Crippen LogP contribution in [0.4, 0.5) is 0 Å². The van der Waals surface area contributed by atoms with E-state index in [2.05, 4.69) is 4.99 Å². The molecule has 10 heavy (non-hydrogen) atoms. The Balaban J connectivity index is 3.89. The summed E-state index contributed by atoms with van der Waals surface area (Å²) in [4.78, 5) is 6.12. The number of hydrogen-bond acceptors (Lipinski definition) is 3. The zero-order chi connectivity index (χ0) is 8.15. The van der Waals surface area contributed by atoms with Crippen LogP contribution in [-0.4, -0.2) is 36.6 Å². The minimum Gasteiger partial charge on any atom is -0.367 e. The molecule has 0 bridgehead atoms. The van der Waals surface area contributed by atoms with Crippen molar-refractivity contribution >= 4 is 17.6 Å². The van der Waals surface area contributed by atoms with E-state index >= 15 is 0 Å². The normalized spacial score (nSPS) is 15.1. The third kappa shape index (κ3) is 3.74. The number of hydrogen-bond donors (Lipinski definition) is 1. The van der Waals surface area contributed by atoms with Gasteiger partial charge in [0, 0.05) is 14.1 Å². The number of aliphatic imine (C=N–C) groups is 1. The molecule has 0 rings (SSSR count). The van der Waals surface area contributed by atoms with Gasteiger partial charge in [-0.3, -0.25) is 0 Å². The summed E-state index contributed by atoms with van der Waals surface area (Å²) in [7, 11) is 3.90. The van der Waals surface area contributed by atoms with Gasteiger partial charge < -0.3 is 10.6 Å². The standard InChI is InChI=1S/C6H15N3S/c1-5(9(2)3)8-6(7)10-4/h6H,7H2,1-4H3/b8-5+. The highest BCUT2D eigenvalue weighted by atomic mass is 32.2. The summed E-state index contributed by atoms with van der Waals surface area (Å²) in [5.41, 5.74) is 5.44. The molecule has 0 aliphatic carbocycles. The average Bonchev–Trinajstić information content (AvgIpc) is 1.87. The minimum absolute atomic E-state index is 0.123. The molecule has 0 radical (unpaired) electrons. The quantitative estimate of drug-likeness (QED) is 0.366. The van der Waals surface area contributed by atoms with Gasteiger partial charge in [-0.25, -0.2) is 4.99 Å². The van der Waals surface area contributed by atoms with Crippen molar-refractivity contribution in [2.45, 2.75) is 12.4 Å². The molecule has 0 aliphatic rings. The molecule has 1 atom stereocenters. The van der Waals surface area contributed by atoms with Gasteiger partial charge in [0.25, 0.3) is 0 Å². The van der Waals surface area contributed by atoms with Gasteiger partial charge in [0.05, 0.1) is 5.84 Å². The molecule has 0 heterocycles. The first kappa shape index (κ1) is 9.78. The second-order valence-corrected chi connectivity index (χ2v) is 3.15. The van der Waals surface area contributed by atoms with Crippen LogP contribution in [0.1, 0.15) is 6.92 Å². The van der Waals surface area contributed by atoms with Crippen LogP contribution in [-0.2, 0) is 0 Å². The molecule has 0 aromatic rings. The van der Waals surface area contributed by atoms with E-state index in [1.165, 1.54) is 11.8 Å². The lowest BCUT2D eigenvalue weighted by molar-refractivity contribution is 0.612. The van der Waals surface area contributed by atoms with E-state index in [0.717, 1.165) is 5.84 Å². The van der Waals surface area contributed by atoms with Crippen molar-refractivity contribution in [3.05, 3.63) is 0 Å². The van der Waals surface area contributed by atoms with Gasteiger partial charge in [0.15, 0.2) is 0 Å². The van der Waals surface area contributed by atoms with E-state index in [-0.39, 0.29) is 5.50 Å². The summed E-state index contributed by atoms with van der Waals surface area (Å²) < 4.78 is 0. The lowest BCUT2D eigenvalue weighted by Crippen LogP contribution is -2.23. The van der Waals surface area contributed by atoms with E-state index in [9.17, 15) is 0 Å². The van der Waals surface area contributed by atoms with Crippen molar-refractivity contribution in [1.82, 2.24) is 4.90 Å². The zero-order valence-electron chi connectivity index (χ0n) is 6.96. The molecule has 60 valence electrons. The summed E-state index contributed by atoms with van der Waals surface area (Å²) in [6.45, 7) is 1.94. The summed E-state index contributed by atoms with van der Waals surface area (Å²) in [6, 6.07) is 0. The van der Waals surface area contributed by atoms with Crippen molar-refractivity contribution in [2.75, 3.05) is 20.4 Å². The van der Waals surface area contributed by atoms with E-state index in [4.69, 9.17) is 5.73 Å². The molecular formula is C6H15N3S. The van der Waals surface area contributed by atoms with Crippen molar-refractivity contribution < 1.29 is 0 Å². The maximum Gasteiger partial charge on any atom is 0.146 e. The number of amidine groups is 1. The Morgan fingerprint density at radius 1 is 1.60 bits per heavy atom. The smallest absolute Gasteiger partial charge is 0.146 e. The molecule has 1 unspecified atom stereocenters. The Kier molecular flexibility index (Phi) is 4.47. The Morgan fingerprint density at radius 3 is 2.40 bits per heavy atom. The third-order valence-corrected chi connectivity index (χ3v) is 1.79. The fourth-order valence-electron chi connectivity index (χ4n) is 0.352. The van der Waals surface area contributed by atoms with E-state index in [1.54, 1.807) is 0 Å². The van der Waals surface area contributed by atoms with Crippen LogP contribution in [0.2, 0.25) is 0 Å². The van der Waals surface area contributed by atoms with E-state index < -0.39 is 0 Å². The van der Waals surface area contributed by atoms with Crippen molar-refractivity contribution in [3.63, 3.8) is 0 Å². The van der Waals surface area contributed by atoms with Crippen LogP contribution in [0.5, 0.6) is 0 Å². The van der Waals surface area contributed by atoms with Crippen LogP contribution in [0.15, 0.2) is 4.99 Å². The molecule has 0 aromatic heterocycles. The van der Waals surface area contributed by atoms with Crippen LogP contribution >= 0.6 is 11.8 Å². The van der Waals surface area contributed by atoms with Gasteiger partial charge in [0.2, 0.25) is 0 Å². The maximum atomic E-state index is 5.56. The lowest BCUT2D eigenvalue weighted by atomic mass is 10.6. The molecule has 0 saturated carbocycles. The molecule has 0 amide bonds. The first-order chi connectivity index (χ1) is 4.57. The molecule has 4 heteroatoms. The van der Waals surface area contributed by atoms with E-state index in [0.29, 0.717) is 0 Å². The molecule has 0 spiro atoms. The second-order valence-electron chi connectivity index (χ2n) is 2.20. The second kappa shape index (κ2) is 4.57. The predicted molar refractivity (Wildman–Crippen MR) is 48.3 cm³/mol. The monoisotopic (exact) mass is 161 g/mol. The summed E-state index contributed by atoms with van der Waals surface area (Å²) >= 11 is 1.53. The fourth-order valence-corrected chi connectivity index (χ4v) is 0.610. The fraction of sp³-hybridized carbons (Fsp3) is 0.833. The number of nitrogens with two attached hydrogens (primary N) is 1. The largest absolute Gasteiger partial charge is 0.367 e. The van der Waals surface area contributed by atoms with Crippen LogP contribution in [0.25, 0.3) is 0 Å². The van der Waals surface area contributed by atoms with Crippen LogP contribution in [0.3, 0.4) is 0 Å². The summed E-state index contributed by atoms with van der Waals surface area (Å²) in [6.07, 6.45) is 1.94. The van der Waals surface area contributed by atoms with Gasteiger partial charge in [-0.1, -0.05) is 0 Å². The predicted octanol–water partition coefficient (Wildman–Crippen LogP) is 0.572. The average molecular weight is 161 g/mol. The molecule has 0 aromatic carbocycles. The SMILES string of the molecule is CSC(N)/N=C(\C)N(C)C. The van der Waals surface area contributed by atoms with Crippen LogP contribution in [0, 0.1) is 0 Å². The van der Waals surface area contributed by atoms with E-state index in [1.807, 2.05) is 32.2 Å². The highest BCUT2D eigenvalue weighted by Gasteiger charge is 1.97. The Bertz CT molecular complexity index is 122.